The molecule has 0 bridgehead atoms. The molecule has 0 atom stereocenters. The van der Waals surface area contributed by atoms with Gasteiger partial charge in [-0.15, -0.1) is 10.2 Å². The third kappa shape index (κ3) is 2.37. The fourth-order valence-corrected chi connectivity index (χ4v) is 2.21. The van der Waals surface area contributed by atoms with Gasteiger partial charge in [0.05, 0.1) is 0 Å². The molecule has 4 heteroatoms. The normalized spacial score (nSPS) is 10.7. The molecule has 0 saturated carbocycles. The van der Waals surface area contributed by atoms with Crippen molar-refractivity contribution in [3.05, 3.63) is 29.3 Å². The van der Waals surface area contributed by atoms with Crippen molar-refractivity contribution in [2.45, 2.75) is 34.2 Å². The summed E-state index contributed by atoms with van der Waals surface area (Å²) in [6, 6.07) is 6.47. The molecule has 1 N–H and O–H groups in total. The van der Waals surface area contributed by atoms with Crippen LogP contribution < -0.4 is 5.32 Å². The SMILES string of the molecule is CCNc1nnc(-c2cc(C)cc(C)c2)n1CC. The van der Waals surface area contributed by atoms with E-state index < -0.39 is 0 Å². The molecule has 96 valence electrons. The van der Waals surface area contributed by atoms with E-state index in [1.54, 1.807) is 0 Å². The van der Waals surface area contributed by atoms with Crippen molar-refractivity contribution in [2.24, 2.45) is 0 Å². The zero-order valence-corrected chi connectivity index (χ0v) is 11.5. The van der Waals surface area contributed by atoms with Gasteiger partial charge in [0.2, 0.25) is 5.95 Å². The fourth-order valence-electron chi connectivity index (χ4n) is 2.21. The first kappa shape index (κ1) is 12.6. The van der Waals surface area contributed by atoms with Crippen molar-refractivity contribution >= 4 is 5.95 Å². The molecule has 0 aliphatic heterocycles. The van der Waals surface area contributed by atoms with E-state index in [9.17, 15) is 0 Å². The summed E-state index contributed by atoms with van der Waals surface area (Å²) in [5, 5.41) is 11.8. The standard InChI is InChI=1S/C14H20N4/c1-5-15-14-17-16-13(18(14)6-2)12-8-10(3)7-11(4)9-12/h7-9H,5-6H2,1-4H3,(H,15,17). The Labute approximate surface area is 108 Å². The molecule has 0 spiro atoms. The maximum atomic E-state index is 4.31. The Hall–Kier alpha value is -1.84. The molecular weight excluding hydrogens is 224 g/mol. The number of rotatable bonds is 4. The van der Waals surface area contributed by atoms with Crippen LogP contribution in [0.25, 0.3) is 11.4 Å². The second kappa shape index (κ2) is 5.21. The highest BCUT2D eigenvalue weighted by atomic mass is 15.3. The second-order valence-corrected chi connectivity index (χ2v) is 4.50. The number of hydrogen-bond acceptors (Lipinski definition) is 3. The van der Waals surface area contributed by atoms with Gasteiger partial charge in [0.15, 0.2) is 5.82 Å². The number of benzene rings is 1. The van der Waals surface area contributed by atoms with Gasteiger partial charge >= 0.3 is 0 Å². The summed E-state index contributed by atoms with van der Waals surface area (Å²) in [5.74, 6) is 1.77. The molecule has 0 aliphatic carbocycles. The lowest BCUT2D eigenvalue weighted by Crippen LogP contribution is -2.07. The van der Waals surface area contributed by atoms with E-state index in [4.69, 9.17) is 0 Å². The van der Waals surface area contributed by atoms with Crippen molar-refractivity contribution in [1.29, 1.82) is 0 Å². The van der Waals surface area contributed by atoms with Crippen LogP contribution in [0.5, 0.6) is 0 Å². The number of anilines is 1. The Balaban J connectivity index is 2.49. The summed E-state index contributed by atoms with van der Waals surface area (Å²) in [6.07, 6.45) is 0. The van der Waals surface area contributed by atoms with Crippen LogP contribution in [0.3, 0.4) is 0 Å². The third-order valence-corrected chi connectivity index (χ3v) is 2.88. The zero-order valence-electron chi connectivity index (χ0n) is 11.5. The smallest absolute Gasteiger partial charge is 0.224 e. The number of aryl methyl sites for hydroxylation is 2. The molecule has 2 aromatic rings. The molecule has 1 aromatic carbocycles. The number of aromatic nitrogens is 3. The van der Waals surface area contributed by atoms with Crippen LogP contribution >= 0.6 is 0 Å². The van der Waals surface area contributed by atoms with Gasteiger partial charge in [-0.2, -0.15) is 0 Å². The van der Waals surface area contributed by atoms with Gasteiger partial charge in [0, 0.05) is 18.7 Å². The average Bonchev–Trinajstić information content (AvgIpc) is 2.71. The highest BCUT2D eigenvalue weighted by Crippen LogP contribution is 2.23. The second-order valence-electron chi connectivity index (χ2n) is 4.50. The van der Waals surface area contributed by atoms with Crippen molar-refractivity contribution in [3.8, 4) is 11.4 Å². The van der Waals surface area contributed by atoms with Crippen LogP contribution in [-0.4, -0.2) is 21.3 Å². The quantitative estimate of drug-likeness (QED) is 0.899. The highest BCUT2D eigenvalue weighted by Gasteiger charge is 2.12. The number of nitrogens with zero attached hydrogens (tertiary/aromatic N) is 3. The van der Waals surface area contributed by atoms with E-state index >= 15 is 0 Å². The van der Waals surface area contributed by atoms with E-state index in [2.05, 4.69) is 66.0 Å². The Bertz CT molecular complexity index is 522. The average molecular weight is 244 g/mol. The number of hydrogen-bond donors (Lipinski definition) is 1. The van der Waals surface area contributed by atoms with Crippen LogP contribution in [0.2, 0.25) is 0 Å². The molecule has 18 heavy (non-hydrogen) atoms. The van der Waals surface area contributed by atoms with Gasteiger partial charge in [-0.1, -0.05) is 17.2 Å². The van der Waals surface area contributed by atoms with Gasteiger partial charge in [-0.05, 0) is 39.8 Å². The predicted molar refractivity (Wildman–Crippen MR) is 74.8 cm³/mol. The van der Waals surface area contributed by atoms with E-state index in [-0.39, 0.29) is 0 Å². The third-order valence-electron chi connectivity index (χ3n) is 2.88. The fraction of sp³-hybridized carbons (Fsp3) is 0.429. The summed E-state index contributed by atoms with van der Waals surface area (Å²) in [6.45, 7) is 10.1. The van der Waals surface area contributed by atoms with E-state index in [0.717, 1.165) is 30.4 Å². The Morgan fingerprint density at radius 2 is 1.72 bits per heavy atom. The first-order chi connectivity index (χ1) is 8.65. The topological polar surface area (TPSA) is 42.7 Å². The Morgan fingerprint density at radius 1 is 1.06 bits per heavy atom. The largest absolute Gasteiger partial charge is 0.355 e. The molecule has 4 nitrogen and oxygen atoms in total. The lowest BCUT2D eigenvalue weighted by Gasteiger charge is -2.09. The molecule has 2 rings (SSSR count). The van der Waals surface area contributed by atoms with Crippen molar-refractivity contribution in [2.75, 3.05) is 11.9 Å². The predicted octanol–water partition coefficient (Wildman–Crippen LogP) is 3.01. The van der Waals surface area contributed by atoms with E-state index in [1.807, 2.05) is 0 Å². The molecule has 0 amide bonds. The molecule has 0 unspecified atom stereocenters. The zero-order chi connectivity index (χ0) is 13.1. The van der Waals surface area contributed by atoms with Gasteiger partial charge in [0.1, 0.15) is 0 Å². The van der Waals surface area contributed by atoms with Gasteiger partial charge in [-0.25, -0.2) is 0 Å². The first-order valence-electron chi connectivity index (χ1n) is 6.41. The summed E-state index contributed by atoms with van der Waals surface area (Å²) in [5.41, 5.74) is 3.63. The summed E-state index contributed by atoms with van der Waals surface area (Å²) < 4.78 is 2.11. The van der Waals surface area contributed by atoms with Crippen LogP contribution in [0.4, 0.5) is 5.95 Å². The monoisotopic (exact) mass is 244 g/mol. The van der Waals surface area contributed by atoms with Crippen LogP contribution in [-0.2, 0) is 6.54 Å². The summed E-state index contributed by atoms with van der Waals surface area (Å²) in [7, 11) is 0. The molecule has 0 aliphatic rings. The minimum Gasteiger partial charge on any atom is -0.355 e. The molecule has 0 saturated heterocycles. The minimum absolute atomic E-state index is 0.842. The maximum Gasteiger partial charge on any atom is 0.224 e. The van der Waals surface area contributed by atoms with Crippen LogP contribution in [0.15, 0.2) is 18.2 Å². The van der Waals surface area contributed by atoms with E-state index in [1.165, 1.54) is 11.1 Å². The van der Waals surface area contributed by atoms with Crippen molar-refractivity contribution < 1.29 is 0 Å². The van der Waals surface area contributed by atoms with Gasteiger partial charge < -0.3 is 5.32 Å². The molecule has 1 aromatic heterocycles. The van der Waals surface area contributed by atoms with Crippen molar-refractivity contribution in [3.63, 3.8) is 0 Å². The summed E-state index contributed by atoms with van der Waals surface area (Å²) >= 11 is 0. The molecule has 0 radical (unpaired) electrons. The minimum atomic E-state index is 0.842. The molecule has 1 heterocycles. The lowest BCUT2D eigenvalue weighted by molar-refractivity contribution is 0.770. The maximum absolute atomic E-state index is 4.31. The number of nitrogens with one attached hydrogen (secondary N) is 1. The van der Waals surface area contributed by atoms with Crippen LogP contribution in [0, 0.1) is 13.8 Å². The Kier molecular flexibility index (Phi) is 3.65. The van der Waals surface area contributed by atoms with Crippen LogP contribution in [0.1, 0.15) is 25.0 Å². The Morgan fingerprint density at radius 3 is 2.28 bits per heavy atom. The summed E-state index contributed by atoms with van der Waals surface area (Å²) in [4.78, 5) is 0. The first-order valence-corrected chi connectivity index (χ1v) is 6.41. The van der Waals surface area contributed by atoms with E-state index in [0.29, 0.717) is 0 Å². The molecule has 0 fully saturated rings. The van der Waals surface area contributed by atoms with Gasteiger partial charge in [0.25, 0.3) is 0 Å². The van der Waals surface area contributed by atoms with Crippen molar-refractivity contribution in [1.82, 2.24) is 14.8 Å². The van der Waals surface area contributed by atoms with Gasteiger partial charge in [-0.3, -0.25) is 4.57 Å². The lowest BCUT2D eigenvalue weighted by atomic mass is 10.1. The molecular formula is C14H20N4. The highest BCUT2D eigenvalue weighted by molar-refractivity contribution is 5.59.